The van der Waals surface area contributed by atoms with Crippen LogP contribution in [0, 0.1) is 5.92 Å². The second kappa shape index (κ2) is 7.88. The highest BCUT2D eigenvalue weighted by Crippen LogP contribution is 2.25. The molecule has 0 saturated heterocycles. The fourth-order valence-corrected chi connectivity index (χ4v) is 3.50. The molecule has 0 aliphatic rings. The predicted molar refractivity (Wildman–Crippen MR) is 94.7 cm³/mol. The molecule has 7 heteroatoms. The Bertz CT molecular complexity index is 716. The van der Waals surface area contributed by atoms with E-state index in [1.165, 1.54) is 0 Å². The van der Waals surface area contributed by atoms with Crippen LogP contribution >= 0.6 is 27.3 Å². The van der Waals surface area contributed by atoms with Crippen LogP contribution in [-0.4, -0.2) is 28.0 Å². The Labute approximate surface area is 147 Å². The van der Waals surface area contributed by atoms with E-state index in [2.05, 4.69) is 26.2 Å². The Morgan fingerprint density at radius 3 is 2.83 bits per heavy atom. The van der Waals surface area contributed by atoms with E-state index in [0.717, 1.165) is 19.7 Å². The first kappa shape index (κ1) is 17.9. The van der Waals surface area contributed by atoms with Crippen LogP contribution in [0.3, 0.4) is 0 Å². The summed E-state index contributed by atoms with van der Waals surface area (Å²) in [6, 6.07) is 5.06. The lowest BCUT2D eigenvalue weighted by Gasteiger charge is -2.19. The highest BCUT2D eigenvalue weighted by molar-refractivity contribution is 9.10. The molecule has 0 spiro atoms. The number of aromatic nitrogens is 1. The minimum atomic E-state index is -0.988. The van der Waals surface area contributed by atoms with Gasteiger partial charge in [0.2, 0.25) is 5.91 Å². The van der Waals surface area contributed by atoms with Crippen LogP contribution in [0.4, 0.5) is 0 Å². The van der Waals surface area contributed by atoms with Crippen LogP contribution < -0.4 is 5.32 Å². The van der Waals surface area contributed by atoms with Gasteiger partial charge in [0, 0.05) is 17.3 Å². The molecule has 0 radical (unpaired) electrons. The summed E-state index contributed by atoms with van der Waals surface area (Å²) in [5.41, 5.74) is 0.905. The van der Waals surface area contributed by atoms with Crippen molar-refractivity contribution in [3.63, 3.8) is 0 Å². The number of rotatable bonds is 7. The third kappa shape index (κ3) is 4.75. The number of thiazole rings is 1. The van der Waals surface area contributed by atoms with Crippen LogP contribution in [-0.2, 0) is 16.0 Å². The van der Waals surface area contributed by atoms with E-state index in [-0.39, 0.29) is 18.2 Å². The number of carbonyl (C=O) groups excluding carboxylic acids is 1. The first-order valence-electron chi connectivity index (χ1n) is 7.47. The highest BCUT2D eigenvalue weighted by Gasteiger charge is 2.25. The molecule has 1 aromatic carbocycles. The van der Waals surface area contributed by atoms with Gasteiger partial charge in [0.15, 0.2) is 0 Å². The quantitative estimate of drug-likeness (QED) is 0.746. The van der Waals surface area contributed by atoms with Crippen LogP contribution in [0.25, 0.3) is 10.2 Å². The summed E-state index contributed by atoms with van der Waals surface area (Å²) in [4.78, 5) is 27.7. The number of nitrogens with one attached hydrogen (secondary N) is 1. The molecule has 0 aliphatic carbocycles. The zero-order valence-corrected chi connectivity index (χ0v) is 15.4. The Morgan fingerprint density at radius 2 is 2.17 bits per heavy atom. The van der Waals surface area contributed by atoms with Crippen molar-refractivity contribution < 1.29 is 14.7 Å². The van der Waals surface area contributed by atoms with Crippen molar-refractivity contribution in [2.45, 2.75) is 39.2 Å². The van der Waals surface area contributed by atoms with Gasteiger partial charge in [-0.25, -0.2) is 9.78 Å². The lowest BCUT2D eigenvalue weighted by Crippen LogP contribution is -2.45. The van der Waals surface area contributed by atoms with Crippen molar-refractivity contribution in [2.24, 2.45) is 5.92 Å². The Balaban J connectivity index is 1.95. The Hall–Kier alpha value is -1.47. The Morgan fingerprint density at radius 1 is 1.43 bits per heavy atom. The summed E-state index contributed by atoms with van der Waals surface area (Å²) in [5, 5.41) is 12.7. The summed E-state index contributed by atoms with van der Waals surface area (Å²) in [7, 11) is 0. The molecule has 0 aliphatic heterocycles. The monoisotopic (exact) mass is 398 g/mol. The van der Waals surface area contributed by atoms with Crippen molar-refractivity contribution in [1.29, 1.82) is 0 Å². The maximum atomic E-state index is 12.0. The molecule has 2 aromatic rings. The number of halogens is 1. The van der Waals surface area contributed by atoms with Crippen molar-refractivity contribution in [1.82, 2.24) is 10.3 Å². The lowest BCUT2D eigenvalue weighted by atomic mass is 9.99. The second-order valence-corrected chi connectivity index (χ2v) is 7.52. The summed E-state index contributed by atoms with van der Waals surface area (Å²) in [5.74, 6) is -1.34. The number of aliphatic carboxylic acids is 1. The Kier molecular flexibility index (Phi) is 6.12. The molecule has 0 bridgehead atoms. The summed E-state index contributed by atoms with van der Waals surface area (Å²) in [6.07, 6.45) is 1.45. The number of fused-ring (bicyclic) bond motifs is 1. The van der Waals surface area contributed by atoms with Crippen LogP contribution in [0.5, 0.6) is 0 Å². The van der Waals surface area contributed by atoms with Crippen LogP contribution in [0.15, 0.2) is 22.7 Å². The SMILES string of the molecule is CCC(C)C(NC(=O)CCc1nc2cc(Br)ccc2s1)C(=O)O. The average Bonchev–Trinajstić information content (AvgIpc) is 2.91. The number of carboxylic acids is 1. The minimum Gasteiger partial charge on any atom is -0.480 e. The van der Waals surface area contributed by atoms with Gasteiger partial charge in [0.05, 0.1) is 15.2 Å². The normalized spacial score (nSPS) is 13.7. The van der Waals surface area contributed by atoms with Gasteiger partial charge in [-0.3, -0.25) is 4.79 Å². The molecule has 1 amide bonds. The average molecular weight is 399 g/mol. The van der Waals surface area contributed by atoms with E-state index >= 15 is 0 Å². The van der Waals surface area contributed by atoms with E-state index in [0.29, 0.717) is 12.8 Å². The molecule has 2 N–H and O–H groups in total. The zero-order valence-electron chi connectivity index (χ0n) is 13.0. The van der Waals surface area contributed by atoms with Gasteiger partial charge in [-0.2, -0.15) is 0 Å². The molecule has 0 saturated carbocycles. The molecule has 0 fully saturated rings. The molecule has 23 heavy (non-hydrogen) atoms. The standard InChI is InChI=1S/C16H19BrN2O3S/c1-3-9(2)15(16(21)22)19-13(20)6-7-14-18-11-8-10(17)4-5-12(11)23-14/h4-5,8-9,15H,3,6-7H2,1-2H3,(H,19,20)(H,21,22). The maximum absolute atomic E-state index is 12.0. The third-order valence-corrected chi connectivity index (χ3v) is 5.34. The van der Waals surface area contributed by atoms with Crippen molar-refractivity contribution in [3.05, 3.63) is 27.7 Å². The van der Waals surface area contributed by atoms with Crippen molar-refractivity contribution >= 4 is 49.4 Å². The number of carboxylic acid groups (broad SMARTS) is 1. The molecule has 124 valence electrons. The number of benzene rings is 1. The number of hydrogen-bond donors (Lipinski definition) is 2. The minimum absolute atomic E-state index is 0.101. The number of nitrogens with zero attached hydrogens (tertiary/aromatic N) is 1. The highest BCUT2D eigenvalue weighted by atomic mass is 79.9. The van der Waals surface area contributed by atoms with E-state index in [1.54, 1.807) is 11.3 Å². The van der Waals surface area contributed by atoms with Crippen LogP contribution in [0.1, 0.15) is 31.7 Å². The first-order valence-corrected chi connectivity index (χ1v) is 9.08. The topological polar surface area (TPSA) is 79.3 Å². The molecule has 2 atom stereocenters. The number of amides is 1. The molecule has 1 aromatic heterocycles. The van der Waals surface area contributed by atoms with Crippen molar-refractivity contribution in [3.8, 4) is 0 Å². The van der Waals surface area contributed by atoms with Gasteiger partial charge in [0.25, 0.3) is 0 Å². The van der Waals surface area contributed by atoms with Crippen LogP contribution in [0.2, 0.25) is 0 Å². The van der Waals surface area contributed by atoms with Gasteiger partial charge >= 0.3 is 5.97 Å². The summed E-state index contributed by atoms with van der Waals surface area (Å²) >= 11 is 4.97. The van der Waals surface area contributed by atoms with E-state index in [1.807, 2.05) is 32.0 Å². The van der Waals surface area contributed by atoms with E-state index in [9.17, 15) is 14.7 Å². The summed E-state index contributed by atoms with van der Waals surface area (Å²) < 4.78 is 2.05. The largest absolute Gasteiger partial charge is 0.480 e. The molecule has 2 unspecified atom stereocenters. The zero-order chi connectivity index (χ0) is 17.0. The smallest absolute Gasteiger partial charge is 0.326 e. The molecule has 5 nitrogen and oxygen atoms in total. The van der Waals surface area contributed by atoms with Gasteiger partial charge in [-0.1, -0.05) is 36.2 Å². The lowest BCUT2D eigenvalue weighted by molar-refractivity contribution is -0.143. The molecular weight excluding hydrogens is 380 g/mol. The van der Waals surface area contributed by atoms with Gasteiger partial charge < -0.3 is 10.4 Å². The van der Waals surface area contributed by atoms with Gasteiger partial charge in [-0.05, 0) is 24.1 Å². The second-order valence-electron chi connectivity index (χ2n) is 5.49. The number of aryl methyl sites for hydroxylation is 1. The van der Waals surface area contributed by atoms with E-state index in [4.69, 9.17) is 0 Å². The first-order chi connectivity index (χ1) is 10.9. The van der Waals surface area contributed by atoms with E-state index < -0.39 is 12.0 Å². The van der Waals surface area contributed by atoms with Gasteiger partial charge in [-0.15, -0.1) is 11.3 Å². The molecule has 2 rings (SSSR count). The fraction of sp³-hybridized carbons (Fsp3) is 0.438. The van der Waals surface area contributed by atoms with Crippen molar-refractivity contribution in [2.75, 3.05) is 0 Å². The number of carbonyl (C=O) groups is 2. The summed E-state index contributed by atoms with van der Waals surface area (Å²) in [6.45, 7) is 3.73. The predicted octanol–water partition coefficient (Wildman–Crippen LogP) is 3.61. The molecule has 1 heterocycles. The maximum Gasteiger partial charge on any atom is 0.326 e. The molecular formula is C16H19BrN2O3S. The number of hydrogen-bond acceptors (Lipinski definition) is 4. The fourth-order valence-electron chi connectivity index (χ4n) is 2.20. The third-order valence-electron chi connectivity index (χ3n) is 3.76. The van der Waals surface area contributed by atoms with Gasteiger partial charge in [0.1, 0.15) is 6.04 Å².